The van der Waals surface area contributed by atoms with Gasteiger partial charge in [-0.25, -0.2) is 14.6 Å². The minimum Gasteiger partial charge on any atom is -0.464 e. The molecule has 9 heteroatoms. The lowest BCUT2D eigenvalue weighted by Gasteiger charge is -2.43. The number of piperidine rings is 1. The van der Waals surface area contributed by atoms with Crippen LogP contribution in [0.4, 0.5) is 10.6 Å². The van der Waals surface area contributed by atoms with E-state index < -0.39 is 5.97 Å². The first kappa shape index (κ1) is 19.3. The van der Waals surface area contributed by atoms with Crippen LogP contribution in [-0.2, 0) is 9.47 Å². The fraction of sp³-hybridized carbons (Fsp3) is 0.667. The Labute approximate surface area is 159 Å². The topological polar surface area (TPSA) is 88.1 Å². The van der Waals surface area contributed by atoms with Crippen LogP contribution in [0.25, 0.3) is 0 Å². The van der Waals surface area contributed by atoms with E-state index in [2.05, 4.69) is 19.8 Å². The van der Waals surface area contributed by atoms with E-state index in [0.29, 0.717) is 31.6 Å². The van der Waals surface area contributed by atoms with Crippen LogP contribution in [0, 0.1) is 0 Å². The van der Waals surface area contributed by atoms with Crippen molar-refractivity contribution in [1.29, 1.82) is 0 Å². The lowest BCUT2D eigenvalue weighted by atomic mass is 10.0. The molecule has 1 atom stereocenters. The number of nitrogens with zero attached hydrogens (tertiary/aromatic N) is 5. The molecule has 0 radical (unpaired) electrons. The van der Waals surface area contributed by atoms with E-state index in [-0.39, 0.29) is 11.8 Å². The highest BCUT2D eigenvalue weighted by atomic mass is 16.6. The summed E-state index contributed by atoms with van der Waals surface area (Å²) < 4.78 is 9.81. The number of hydrogen-bond donors (Lipinski definition) is 0. The summed E-state index contributed by atoms with van der Waals surface area (Å²) in [6, 6.07) is 0.395. The van der Waals surface area contributed by atoms with E-state index in [9.17, 15) is 9.59 Å². The van der Waals surface area contributed by atoms with Crippen LogP contribution in [0.15, 0.2) is 12.4 Å². The van der Waals surface area contributed by atoms with Crippen molar-refractivity contribution in [2.24, 2.45) is 0 Å². The molecular weight excluding hydrogens is 350 g/mol. The zero-order valence-electron chi connectivity index (χ0n) is 16.0. The largest absolute Gasteiger partial charge is 0.464 e. The Morgan fingerprint density at radius 2 is 1.96 bits per heavy atom. The standard InChI is InChI=1S/C18H27N5O4/c1-3-27-18(25)22-9-7-21(8-10-22)14-5-4-6-23(13-14)16-12-19-11-15(20-16)17(24)26-2/h11-12,14H,3-10,13H2,1-2H3/t14-/m1/s1. The molecule has 2 aliphatic heterocycles. The summed E-state index contributed by atoms with van der Waals surface area (Å²) in [6.45, 7) is 7.00. The third-order valence-corrected chi connectivity index (χ3v) is 5.09. The fourth-order valence-electron chi connectivity index (χ4n) is 3.66. The Hall–Kier alpha value is -2.42. The maximum atomic E-state index is 11.9. The van der Waals surface area contributed by atoms with Crippen molar-refractivity contribution in [3.05, 3.63) is 18.1 Å². The number of ether oxygens (including phenoxy) is 2. The minimum atomic E-state index is -0.479. The highest BCUT2D eigenvalue weighted by molar-refractivity contribution is 5.87. The van der Waals surface area contributed by atoms with Crippen LogP contribution in [0.2, 0.25) is 0 Å². The van der Waals surface area contributed by atoms with Crippen molar-refractivity contribution in [2.45, 2.75) is 25.8 Å². The molecule has 3 heterocycles. The monoisotopic (exact) mass is 377 g/mol. The number of esters is 1. The van der Waals surface area contributed by atoms with E-state index >= 15 is 0 Å². The van der Waals surface area contributed by atoms with Gasteiger partial charge in [0.2, 0.25) is 0 Å². The van der Waals surface area contributed by atoms with Gasteiger partial charge in [-0.05, 0) is 19.8 Å². The Balaban J connectivity index is 1.59. The third-order valence-electron chi connectivity index (χ3n) is 5.09. The van der Waals surface area contributed by atoms with Gasteiger partial charge < -0.3 is 19.3 Å². The van der Waals surface area contributed by atoms with Gasteiger partial charge in [0.15, 0.2) is 5.69 Å². The number of amides is 1. The van der Waals surface area contributed by atoms with Crippen molar-refractivity contribution in [2.75, 3.05) is 57.9 Å². The number of hydrogen-bond acceptors (Lipinski definition) is 8. The molecule has 2 fully saturated rings. The van der Waals surface area contributed by atoms with Crippen LogP contribution in [0.1, 0.15) is 30.3 Å². The molecule has 2 aliphatic rings. The molecule has 0 saturated carbocycles. The van der Waals surface area contributed by atoms with Crippen molar-refractivity contribution in [1.82, 2.24) is 19.8 Å². The molecule has 27 heavy (non-hydrogen) atoms. The first-order chi connectivity index (χ1) is 13.1. The number of carbonyl (C=O) groups is 2. The predicted molar refractivity (Wildman–Crippen MR) is 98.8 cm³/mol. The van der Waals surface area contributed by atoms with Crippen LogP contribution in [-0.4, -0.2) is 90.9 Å². The average Bonchev–Trinajstić information content (AvgIpc) is 2.73. The second-order valence-corrected chi connectivity index (χ2v) is 6.72. The van der Waals surface area contributed by atoms with Crippen LogP contribution in [0.5, 0.6) is 0 Å². The molecule has 0 unspecified atom stereocenters. The first-order valence-electron chi connectivity index (χ1n) is 9.43. The molecule has 0 bridgehead atoms. The maximum absolute atomic E-state index is 11.9. The van der Waals surface area contributed by atoms with Crippen molar-refractivity contribution in [3.8, 4) is 0 Å². The van der Waals surface area contributed by atoms with Gasteiger partial charge in [0.1, 0.15) is 5.82 Å². The van der Waals surface area contributed by atoms with E-state index in [0.717, 1.165) is 39.0 Å². The summed E-state index contributed by atoms with van der Waals surface area (Å²) in [4.78, 5) is 38.5. The van der Waals surface area contributed by atoms with Gasteiger partial charge in [0, 0.05) is 45.3 Å². The van der Waals surface area contributed by atoms with Gasteiger partial charge in [0.25, 0.3) is 0 Å². The number of piperazine rings is 1. The molecule has 9 nitrogen and oxygen atoms in total. The van der Waals surface area contributed by atoms with E-state index in [1.54, 1.807) is 11.1 Å². The number of methoxy groups -OCH3 is 1. The number of rotatable bonds is 4. The van der Waals surface area contributed by atoms with Gasteiger partial charge in [-0.3, -0.25) is 9.88 Å². The summed E-state index contributed by atoms with van der Waals surface area (Å²) in [7, 11) is 1.34. The maximum Gasteiger partial charge on any atom is 0.409 e. The molecule has 1 aromatic rings. The molecule has 2 saturated heterocycles. The van der Waals surface area contributed by atoms with Crippen molar-refractivity contribution in [3.63, 3.8) is 0 Å². The summed E-state index contributed by atoms with van der Waals surface area (Å²) in [6.07, 6.45) is 5.04. The lowest BCUT2D eigenvalue weighted by Crippen LogP contribution is -2.56. The zero-order chi connectivity index (χ0) is 19.2. The second-order valence-electron chi connectivity index (χ2n) is 6.72. The minimum absolute atomic E-state index is 0.222. The fourth-order valence-corrected chi connectivity index (χ4v) is 3.66. The first-order valence-corrected chi connectivity index (χ1v) is 9.43. The molecule has 0 spiro atoms. The summed E-state index contributed by atoms with van der Waals surface area (Å²) in [5.74, 6) is 0.223. The van der Waals surface area contributed by atoms with E-state index in [1.165, 1.54) is 13.3 Å². The predicted octanol–water partition coefficient (Wildman–Crippen LogP) is 1.01. The molecule has 1 aromatic heterocycles. The Morgan fingerprint density at radius 1 is 1.19 bits per heavy atom. The zero-order valence-corrected chi connectivity index (χ0v) is 16.0. The highest BCUT2D eigenvalue weighted by Crippen LogP contribution is 2.22. The SMILES string of the molecule is CCOC(=O)N1CCN([C@@H]2CCCN(c3cncc(C(=O)OC)n3)C2)CC1. The molecule has 0 N–H and O–H groups in total. The Kier molecular flexibility index (Phi) is 6.44. The number of anilines is 1. The molecule has 1 amide bonds. The third kappa shape index (κ3) is 4.65. The summed E-state index contributed by atoms with van der Waals surface area (Å²) in [5, 5.41) is 0. The lowest BCUT2D eigenvalue weighted by molar-refractivity contribution is 0.0591. The Morgan fingerprint density at radius 3 is 2.67 bits per heavy atom. The molecule has 0 aliphatic carbocycles. The van der Waals surface area contributed by atoms with Gasteiger partial charge in [-0.15, -0.1) is 0 Å². The van der Waals surface area contributed by atoms with Gasteiger partial charge in [-0.2, -0.15) is 0 Å². The quantitative estimate of drug-likeness (QED) is 0.719. The molecule has 3 rings (SSSR count). The highest BCUT2D eigenvalue weighted by Gasteiger charge is 2.30. The number of carbonyl (C=O) groups excluding carboxylic acids is 2. The van der Waals surface area contributed by atoms with E-state index in [1.807, 2.05) is 6.92 Å². The van der Waals surface area contributed by atoms with Crippen molar-refractivity contribution < 1.29 is 19.1 Å². The molecular formula is C18H27N5O4. The van der Waals surface area contributed by atoms with Gasteiger partial charge in [-0.1, -0.05) is 0 Å². The second kappa shape index (κ2) is 8.98. The summed E-state index contributed by atoms with van der Waals surface area (Å²) in [5.41, 5.74) is 0.222. The van der Waals surface area contributed by atoms with Gasteiger partial charge in [0.05, 0.1) is 26.1 Å². The molecule has 0 aromatic carbocycles. The normalized spacial score (nSPS) is 21.0. The average molecular weight is 377 g/mol. The number of aromatic nitrogens is 2. The van der Waals surface area contributed by atoms with Gasteiger partial charge >= 0.3 is 12.1 Å². The van der Waals surface area contributed by atoms with Crippen LogP contribution in [0.3, 0.4) is 0 Å². The van der Waals surface area contributed by atoms with Crippen molar-refractivity contribution >= 4 is 17.9 Å². The van der Waals surface area contributed by atoms with Crippen LogP contribution >= 0.6 is 0 Å². The Bertz CT molecular complexity index is 663. The summed E-state index contributed by atoms with van der Waals surface area (Å²) >= 11 is 0. The smallest absolute Gasteiger partial charge is 0.409 e. The molecule has 148 valence electrons. The van der Waals surface area contributed by atoms with E-state index in [4.69, 9.17) is 9.47 Å². The van der Waals surface area contributed by atoms with Crippen LogP contribution < -0.4 is 4.90 Å².